The fraction of sp³-hybridized carbons (Fsp3) is 0.286. The Balaban J connectivity index is 1.50. The highest BCUT2D eigenvalue weighted by atomic mass is 19.4. The summed E-state index contributed by atoms with van der Waals surface area (Å²) in [4.78, 5) is 27.0. The molecular weight excluding hydrogens is 503 g/mol. The highest BCUT2D eigenvalue weighted by Gasteiger charge is 2.35. The van der Waals surface area contributed by atoms with Gasteiger partial charge in [0, 0.05) is 19.3 Å². The molecule has 1 fully saturated rings. The molecule has 1 aliphatic rings. The number of carbonyl (C=O) groups excluding carboxylic acids is 1. The second-order valence-corrected chi connectivity index (χ2v) is 7.91. The van der Waals surface area contributed by atoms with E-state index in [9.17, 15) is 40.3 Å². The summed E-state index contributed by atoms with van der Waals surface area (Å²) >= 11 is 0. The number of anilines is 2. The van der Waals surface area contributed by atoms with E-state index >= 15 is 0 Å². The van der Waals surface area contributed by atoms with E-state index in [0.717, 1.165) is 16.8 Å². The molecule has 0 bridgehead atoms. The fourth-order valence-corrected chi connectivity index (χ4v) is 3.51. The number of ether oxygens (including phenoxy) is 1. The van der Waals surface area contributed by atoms with E-state index in [2.05, 4.69) is 10.4 Å². The molecule has 1 amide bonds. The van der Waals surface area contributed by atoms with Crippen LogP contribution in [0.3, 0.4) is 0 Å². The van der Waals surface area contributed by atoms with Crippen LogP contribution in [-0.4, -0.2) is 39.4 Å². The third kappa shape index (κ3) is 5.13. The van der Waals surface area contributed by atoms with Gasteiger partial charge >= 0.3 is 12.5 Å². The Kier molecular flexibility index (Phi) is 6.18. The zero-order chi connectivity index (χ0) is 26.4. The Morgan fingerprint density at radius 1 is 1.14 bits per heavy atom. The van der Waals surface area contributed by atoms with Gasteiger partial charge < -0.3 is 19.5 Å². The van der Waals surface area contributed by atoms with Gasteiger partial charge in [0.1, 0.15) is 23.2 Å². The smallest absolute Gasteiger partial charge is 0.487 e. The third-order valence-electron chi connectivity index (χ3n) is 5.26. The van der Waals surface area contributed by atoms with Crippen LogP contribution in [0.4, 0.5) is 42.1 Å². The molecule has 0 radical (unpaired) electrons. The van der Waals surface area contributed by atoms with Gasteiger partial charge in [-0.1, -0.05) is 0 Å². The number of nitrogens with zero attached hydrogens (tertiary/aromatic N) is 4. The van der Waals surface area contributed by atoms with Crippen LogP contribution >= 0.6 is 0 Å². The van der Waals surface area contributed by atoms with Crippen LogP contribution in [0.2, 0.25) is 0 Å². The average Bonchev–Trinajstić information content (AvgIpc) is 3.20. The maximum Gasteiger partial charge on any atom is 0.504 e. The van der Waals surface area contributed by atoms with E-state index in [1.165, 1.54) is 24.2 Å². The van der Waals surface area contributed by atoms with E-state index < -0.39 is 41.4 Å². The Labute approximate surface area is 197 Å². The number of aromatic nitrogens is 3. The van der Waals surface area contributed by atoms with Gasteiger partial charge in [-0.25, -0.2) is 4.39 Å². The topological polar surface area (TPSA) is 81.4 Å². The molecule has 0 aliphatic carbocycles. The molecule has 1 saturated heterocycles. The van der Waals surface area contributed by atoms with Crippen molar-refractivity contribution in [3.63, 3.8) is 0 Å². The van der Waals surface area contributed by atoms with Crippen LogP contribution in [0.5, 0.6) is 5.75 Å². The summed E-state index contributed by atoms with van der Waals surface area (Å²) in [6, 6.07) is 3.22. The van der Waals surface area contributed by atoms with Crippen molar-refractivity contribution in [1.82, 2.24) is 14.3 Å². The zero-order valence-electron chi connectivity index (χ0n) is 18.2. The van der Waals surface area contributed by atoms with E-state index in [-0.39, 0.29) is 40.5 Å². The second-order valence-electron chi connectivity index (χ2n) is 7.91. The molecule has 3 aromatic rings. The first kappa shape index (κ1) is 25.1. The van der Waals surface area contributed by atoms with Crippen LogP contribution < -0.4 is 20.5 Å². The van der Waals surface area contributed by atoms with E-state index in [4.69, 9.17) is 4.74 Å². The SMILES string of the molecule is Cn1ccc(N2CC(Oc3cc(F)cc(C(F)(F)F)c3)C2)c(C(=O)Nc2cnn(C(F)(F)F)c2)c1=O. The van der Waals surface area contributed by atoms with Crippen molar-refractivity contribution >= 4 is 17.3 Å². The number of carbonyl (C=O) groups is 1. The Morgan fingerprint density at radius 3 is 2.44 bits per heavy atom. The molecule has 192 valence electrons. The number of rotatable bonds is 5. The van der Waals surface area contributed by atoms with Crippen molar-refractivity contribution in [2.75, 3.05) is 23.3 Å². The van der Waals surface area contributed by atoms with E-state index in [0.29, 0.717) is 18.3 Å². The van der Waals surface area contributed by atoms with Gasteiger partial charge in [0.25, 0.3) is 11.5 Å². The minimum Gasteiger partial charge on any atom is -0.487 e. The number of nitrogens with one attached hydrogen (secondary N) is 1. The zero-order valence-corrected chi connectivity index (χ0v) is 18.2. The molecular formula is C21H16F7N5O3. The number of halogens is 7. The van der Waals surface area contributed by atoms with Gasteiger partial charge in [-0.3, -0.25) is 9.59 Å². The lowest BCUT2D eigenvalue weighted by atomic mass is 10.1. The molecule has 2 aromatic heterocycles. The number of alkyl halides is 6. The standard InChI is InChI=1S/C21H16F7N5O3/c1-31-3-2-16(17(19(31)35)18(34)30-13-7-29-33(8-13)21(26,27)28)32-9-15(10-32)36-14-5-11(20(23,24)25)4-12(22)6-14/h2-8,15H,9-10H2,1H3,(H,30,34). The van der Waals surface area contributed by atoms with Gasteiger partial charge in [-0.15, -0.1) is 13.2 Å². The summed E-state index contributed by atoms with van der Waals surface area (Å²) in [5, 5.41) is 5.30. The molecule has 8 nitrogen and oxygen atoms in total. The van der Waals surface area contributed by atoms with Crippen molar-refractivity contribution in [2.24, 2.45) is 7.05 Å². The number of hydrogen-bond acceptors (Lipinski definition) is 5. The number of amides is 1. The molecule has 15 heteroatoms. The maximum absolute atomic E-state index is 13.6. The molecule has 4 rings (SSSR count). The van der Waals surface area contributed by atoms with Gasteiger partial charge in [0.2, 0.25) is 0 Å². The monoisotopic (exact) mass is 519 g/mol. The lowest BCUT2D eigenvalue weighted by molar-refractivity contribution is -0.212. The normalized spacial score (nSPS) is 14.5. The molecule has 0 spiro atoms. The molecule has 0 unspecified atom stereocenters. The second kappa shape index (κ2) is 8.87. The Hall–Kier alpha value is -4.04. The highest BCUT2D eigenvalue weighted by molar-refractivity contribution is 6.07. The lowest BCUT2D eigenvalue weighted by Gasteiger charge is -2.41. The largest absolute Gasteiger partial charge is 0.504 e. The summed E-state index contributed by atoms with van der Waals surface area (Å²) in [5.41, 5.74) is -2.49. The van der Waals surface area contributed by atoms with Crippen LogP contribution in [0.1, 0.15) is 15.9 Å². The third-order valence-corrected chi connectivity index (χ3v) is 5.26. The summed E-state index contributed by atoms with van der Waals surface area (Å²) < 4.78 is 96.7. The van der Waals surface area contributed by atoms with Crippen LogP contribution in [0, 0.1) is 5.82 Å². The first-order valence-electron chi connectivity index (χ1n) is 10.1. The predicted octanol–water partition coefficient (Wildman–Crippen LogP) is 3.74. The number of benzene rings is 1. The minimum absolute atomic E-state index is 0.0390. The van der Waals surface area contributed by atoms with Gasteiger partial charge in [-0.2, -0.15) is 23.0 Å². The van der Waals surface area contributed by atoms with Crippen molar-refractivity contribution in [1.29, 1.82) is 0 Å². The summed E-state index contributed by atoms with van der Waals surface area (Å²) in [6.07, 6.45) is -7.58. The molecule has 3 heterocycles. The fourth-order valence-electron chi connectivity index (χ4n) is 3.51. The molecule has 0 atom stereocenters. The number of aryl methyl sites for hydroxylation is 1. The first-order chi connectivity index (χ1) is 16.7. The van der Waals surface area contributed by atoms with Gasteiger partial charge in [0.05, 0.1) is 42.4 Å². The number of hydrogen-bond donors (Lipinski definition) is 1. The summed E-state index contributed by atoms with van der Waals surface area (Å²) in [6.45, 7) is 0.0780. The quantitative estimate of drug-likeness (QED) is 0.520. The predicted molar refractivity (Wildman–Crippen MR) is 111 cm³/mol. The number of pyridine rings is 1. The molecule has 1 aliphatic heterocycles. The molecule has 36 heavy (non-hydrogen) atoms. The van der Waals surface area contributed by atoms with Gasteiger partial charge in [-0.05, 0) is 18.2 Å². The Morgan fingerprint density at radius 2 is 1.83 bits per heavy atom. The van der Waals surface area contributed by atoms with Crippen LogP contribution in [-0.2, 0) is 19.5 Å². The summed E-state index contributed by atoms with van der Waals surface area (Å²) in [5.74, 6) is -2.46. The average molecular weight is 519 g/mol. The Bertz CT molecular complexity index is 1360. The van der Waals surface area contributed by atoms with Gasteiger partial charge in [0.15, 0.2) is 0 Å². The minimum atomic E-state index is -4.80. The van der Waals surface area contributed by atoms with Crippen molar-refractivity contribution in [3.05, 3.63) is 70.2 Å². The molecule has 1 aromatic carbocycles. The molecule has 0 saturated carbocycles. The van der Waals surface area contributed by atoms with Crippen molar-refractivity contribution in [3.8, 4) is 5.75 Å². The van der Waals surface area contributed by atoms with E-state index in [1.807, 2.05) is 0 Å². The lowest BCUT2D eigenvalue weighted by Crippen LogP contribution is -2.55. The van der Waals surface area contributed by atoms with Crippen molar-refractivity contribution in [2.45, 2.75) is 18.6 Å². The summed E-state index contributed by atoms with van der Waals surface area (Å²) in [7, 11) is 1.37. The van der Waals surface area contributed by atoms with Crippen LogP contribution in [0.25, 0.3) is 0 Å². The van der Waals surface area contributed by atoms with Crippen molar-refractivity contribution < 1.29 is 40.3 Å². The maximum atomic E-state index is 13.6. The highest BCUT2D eigenvalue weighted by Crippen LogP contribution is 2.34. The first-order valence-corrected chi connectivity index (χ1v) is 10.1. The molecule has 1 N–H and O–H groups in total. The van der Waals surface area contributed by atoms with E-state index in [1.54, 1.807) is 0 Å². The van der Waals surface area contributed by atoms with Crippen LogP contribution in [0.15, 0.2) is 47.7 Å².